The Labute approximate surface area is 123 Å². The zero-order chi connectivity index (χ0) is 13.3. The van der Waals surface area contributed by atoms with Gasteiger partial charge in [-0.15, -0.1) is 0 Å². The Balaban J connectivity index is 3.08. The molecule has 0 aliphatic carbocycles. The summed E-state index contributed by atoms with van der Waals surface area (Å²) < 4.78 is 26.7. The molecule has 0 bridgehead atoms. The molecule has 0 amide bonds. The summed E-state index contributed by atoms with van der Waals surface area (Å²) in [5.41, 5.74) is 0.502. The van der Waals surface area contributed by atoms with Crippen molar-refractivity contribution in [3.8, 4) is 5.75 Å². The highest BCUT2D eigenvalue weighted by Crippen LogP contribution is 2.44. The van der Waals surface area contributed by atoms with Crippen LogP contribution in [0.15, 0.2) is 24.3 Å². The van der Waals surface area contributed by atoms with Crippen molar-refractivity contribution in [2.24, 2.45) is 0 Å². The number of aliphatic hydroxyl groups is 1. The minimum atomic E-state index is -3.44. The number of rotatable bonds is 4. The van der Waals surface area contributed by atoms with Gasteiger partial charge < -0.3 is 9.84 Å². The highest BCUT2D eigenvalue weighted by molar-refractivity contribution is 14.1. The second-order valence-electron chi connectivity index (χ2n) is 3.51. The van der Waals surface area contributed by atoms with Crippen molar-refractivity contribution in [2.45, 2.75) is 7.77 Å². The third-order valence-electron chi connectivity index (χ3n) is 2.24. The average molecular weight is 435 g/mol. The van der Waals surface area contributed by atoms with Gasteiger partial charge in [-0.05, 0) is 40.3 Å². The number of halogens is 2. The first kappa shape index (κ1) is 15.2. The van der Waals surface area contributed by atoms with Gasteiger partial charge in [-0.25, -0.2) is 8.42 Å². The molecule has 0 fully saturated rings. The first-order valence-corrected chi connectivity index (χ1v) is 8.36. The maximum atomic E-state index is 11.6. The predicted octanol–water partition coefficient (Wildman–Crippen LogP) is 2.26. The zero-order valence-electron chi connectivity index (χ0n) is 9.22. The maximum Gasteiger partial charge on any atom is 0.206 e. The van der Waals surface area contributed by atoms with Crippen LogP contribution in [0.1, 0.15) is 11.7 Å². The van der Waals surface area contributed by atoms with Crippen LogP contribution in [0.5, 0.6) is 5.75 Å². The van der Waals surface area contributed by atoms with Gasteiger partial charge in [-0.3, -0.25) is 0 Å². The summed E-state index contributed by atoms with van der Waals surface area (Å²) in [6.45, 7) is 0. The van der Waals surface area contributed by atoms with Gasteiger partial charge in [0, 0.05) is 6.26 Å². The van der Waals surface area contributed by atoms with Crippen molar-refractivity contribution in [1.29, 1.82) is 0 Å². The van der Waals surface area contributed by atoms with Crippen LogP contribution in [0.2, 0.25) is 0 Å². The Morgan fingerprint density at radius 1 is 1.41 bits per heavy atom. The summed E-state index contributed by atoms with van der Waals surface area (Å²) in [7, 11) is -1.91. The number of aliphatic hydroxyl groups excluding tert-OH is 1. The summed E-state index contributed by atoms with van der Waals surface area (Å²) in [6.07, 6.45) is -0.0926. The molecule has 0 spiro atoms. The quantitative estimate of drug-likeness (QED) is 0.583. The van der Waals surface area contributed by atoms with Gasteiger partial charge in [0.2, 0.25) is 1.66 Å². The molecule has 0 radical (unpaired) electrons. The van der Waals surface area contributed by atoms with E-state index in [0.29, 0.717) is 11.3 Å². The molecule has 96 valence electrons. The van der Waals surface area contributed by atoms with Crippen molar-refractivity contribution >= 4 is 48.4 Å². The van der Waals surface area contributed by atoms with Crippen LogP contribution >= 0.6 is 38.5 Å². The fourth-order valence-corrected chi connectivity index (χ4v) is 2.35. The number of methoxy groups -OCH3 is 1. The SMILES string of the molecule is COc1ccc(C(O)C(Br)(I)S(C)(=O)=O)cc1. The Kier molecular flexibility index (Phi) is 4.84. The highest BCUT2D eigenvalue weighted by Gasteiger charge is 2.43. The number of hydrogen-bond donors (Lipinski definition) is 1. The summed E-state index contributed by atoms with van der Waals surface area (Å²) in [5.74, 6) is 0.647. The van der Waals surface area contributed by atoms with Crippen molar-refractivity contribution in [3.63, 3.8) is 0 Å². The number of sulfone groups is 1. The molecule has 7 heteroatoms. The molecule has 1 rings (SSSR count). The van der Waals surface area contributed by atoms with Crippen molar-refractivity contribution in [1.82, 2.24) is 0 Å². The topological polar surface area (TPSA) is 63.6 Å². The Hall–Kier alpha value is 0.140. The van der Waals surface area contributed by atoms with Gasteiger partial charge in [0.15, 0.2) is 9.84 Å². The van der Waals surface area contributed by atoms with Crippen molar-refractivity contribution < 1.29 is 18.3 Å². The second-order valence-corrected chi connectivity index (χ2v) is 11.4. The van der Waals surface area contributed by atoms with Gasteiger partial charge in [-0.1, -0.05) is 28.1 Å². The lowest BCUT2D eigenvalue weighted by atomic mass is 10.1. The van der Waals surface area contributed by atoms with E-state index in [1.165, 1.54) is 7.11 Å². The van der Waals surface area contributed by atoms with Gasteiger partial charge in [-0.2, -0.15) is 0 Å². The van der Waals surface area contributed by atoms with Crippen LogP contribution in [0.3, 0.4) is 0 Å². The van der Waals surface area contributed by atoms with E-state index >= 15 is 0 Å². The van der Waals surface area contributed by atoms with E-state index in [0.717, 1.165) is 6.26 Å². The lowest BCUT2D eigenvalue weighted by Gasteiger charge is -2.25. The summed E-state index contributed by atoms with van der Waals surface area (Å²) >= 11 is 4.74. The van der Waals surface area contributed by atoms with Crippen LogP contribution in [0.4, 0.5) is 0 Å². The summed E-state index contributed by atoms with van der Waals surface area (Å²) in [4.78, 5) is 0. The molecule has 0 aliphatic rings. The lowest BCUT2D eigenvalue weighted by Crippen LogP contribution is -2.31. The molecule has 0 aliphatic heterocycles. The van der Waals surface area contributed by atoms with Crippen molar-refractivity contribution in [2.75, 3.05) is 13.4 Å². The molecule has 0 saturated heterocycles. The number of alkyl halides is 2. The standard InChI is InChI=1S/C10H12BrIO4S/c1-16-8-5-3-7(4-6-8)9(13)10(11,12)17(2,14)15/h3-6,9,13H,1-2H3. The average Bonchev–Trinajstić information content (AvgIpc) is 2.26. The molecule has 17 heavy (non-hydrogen) atoms. The summed E-state index contributed by atoms with van der Waals surface area (Å²) in [5, 5.41) is 10.1. The van der Waals surface area contributed by atoms with Gasteiger partial charge in [0.05, 0.1) is 7.11 Å². The summed E-state index contributed by atoms with van der Waals surface area (Å²) in [6, 6.07) is 6.59. The van der Waals surface area contributed by atoms with Gasteiger partial charge in [0.25, 0.3) is 0 Å². The van der Waals surface area contributed by atoms with E-state index in [-0.39, 0.29) is 0 Å². The maximum absolute atomic E-state index is 11.6. The highest BCUT2D eigenvalue weighted by atomic mass is 127. The molecule has 0 heterocycles. The van der Waals surface area contributed by atoms with Crippen LogP contribution in [-0.2, 0) is 9.84 Å². The molecular weight excluding hydrogens is 423 g/mol. The first-order valence-electron chi connectivity index (χ1n) is 4.59. The van der Waals surface area contributed by atoms with E-state index in [2.05, 4.69) is 15.9 Å². The molecular formula is C10H12BrIO4S. The first-order chi connectivity index (χ1) is 7.70. The van der Waals surface area contributed by atoms with Crippen LogP contribution < -0.4 is 4.74 Å². The van der Waals surface area contributed by atoms with Crippen LogP contribution in [0.25, 0.3) is 0 Å². The van der Waals surface area contributed by atoms with E-state index in [1.54, 1.807) is 46.9 Å². The molecule has 0 aromatic heterocycles. The molecule has 1 N–H and O–H groups in total. The molecule has 0 saturated carbocycles. The Bertz CT molecular complexity index is 484. The van der Waals surface area contributed by atoms with E-state index in [1.807, 2.05) is 0 Å². The molecule has 2 unspecified atom stereocenters. The molecule has 1 aromatic carbocycles. The second kappa shape index (κ2) is 5.41. The van der Waals surface area contributed by atoms with Crippen LogP contribution in [0, 0.1) is 0 Å². The number of benzene rings is 1. The molecule has 1 aromatic rings. The minimum Gasteiger partial charge on any atom is -0.497 e. The Morgan fingerprint density at radius 3 is 2.24 bits per heavy atom. The monoisotopic (exact) mass is 434 g/mol. The van der Waals surface area contributed by atoms with E-state index in [4.69, 9.17) is 4.74 Å². The van der Waals surface area contributed by atoms with Crippen molar-refractivity contribution in [3.05, 3.63) is 29.8 Å². The Morgan fingerprint density at radius 2 is 1.88 bits per heavy atom. The number of hydrogen-bond acceptors (Lipinski definition) is 4. The fourth-order valence-electron chi connectivity index (χ4n) is 1.18. The third-order valence-corrected chi connectivity index (χ3v) is 8.64. The van der Waals surface area contributed by atoms with E-state index in [9.17, 15) is 13.5 Å². The van der Waals surface area contributed by atoms with Gasteiger partial charge in [0.1, 0.15) is 11.9 Å². The molecule has 4 nitrogen and oxygen atoms in total. The fraction of sp³-hybridized carbons (Fsp3) is 0.400. The largest absolute Gasteiger partial charge is 0.497 e. The lowest BCUT2D eigenvalue weighted by molar-refractivity contribution is 0.191. The third kappa shape index (κ3) is 3.33. The van der Waals surface area contributed by atoms with Crippen LogP contribution in [-0.4, -0.2) is 28.6 Å². The zero-order valence-corrected chi connectivity index (χ0v) is 13.8. The molecule has 2 atom stereocenters. The minimum absolute atomic E-state index is 0.502. The smallest absolute Gasteiger partial charge is 0.206 e. The van der Waals surface area contributed by atoms with Gasteiger partial charge >= 0.3 is 0 Å². The van der Waals surface area contributed by atoms with E-state index < -0.39 is 17.6 Å². The number of ether oxygens (including phenoxy) is 1. The predicted molar refractivity (Wildman–Crippen MR) is 78.5 cm³/mol. The normalized spacial score (nSPS) is 17.2.